The molecule has 1 aliphatic heterocycles. The second kappa shape index (κ2) is 1.93. The first-order chi connectivity index (χ1) is 3.43. The number of rotatable bonds is 1. The van der Waals surface area contributed by atoms with Crippen molar-refractivity contribution in [2.75, 3.05) is 13.2 Å². The lowest BCUT2D eigenvalue weighted by Gasteiger charge is -1.94. The summed E-state index contributed by atoms with van der Waals surface area (Å²) in [7, 11) is 0. The Morgan fingerprint density at radius 2 is 2.86 bits per heavy atom. The lowest BCUT2D eigenvalue weighted by molar-refractivity contribution is 0.230. The summed E-state index contributed by atoms with van der Waals surface area (Å²) < 4.78 is 4.57. The van der Waals surface area contributed by atoms with Crippen molar-refractivity contribution in [3.05, 3.63) is 0 Å². The Morgan fingerprint density at radius 1 is 2.00 bits per heavy atom. The van der Waals surface area contributed by atoms with E-state index < -0.39 is 0 Å². The molecule has 0 aromatic rings. The van der Waals surface area contributed by atoms with E-state index in [0.717, 1.165) is 0 Å². The van der Waals surface area contributed by atoms with Gasteiger partial charge in [-0.05, 0) is 0 Å². The fraction of sp³-hybridized carbons (Fsp3) is 0.750. The molecule has 0 unspecified atom stereocenters. The van der Waals surface area contributed by atoms with Gasteiger partial charge in [0.1, 0.15) is 12.6 Å². The van der Waals surface area contributed by atoms with Gasteiger partial charge in [0.05, 0.1) is 6.61 Å². The minimum absolute atomic E-state index is 0.0556. The molecule has 0 saturated heterocycles. The normalized spacial score (nSPS) is 27.9. The first kappa shape index (κ1) is 4.59. The fourth-order valence-electron chi connectivity index (χ4n) is 0.376. The van der Waals surface area contributed by atoms with Crippen molar-refractivity contribution in [2.24, 2.45) is 4.99 Å². The molecule has 1 aliphatic rings. The quantitative estimate of drug-likeness (QED) is 0.472. The molecular formula is C4H6NO2. The largest absolute Gasteiger partial charge is 0.472 e. The maximum atomic E-state index is 8.35. The zero-order valence-corrected chi connectivity index (χ0v) is 3.79. The van der Waals surface area contributed by atoms with Crippen LogP contribution in [0.5, 0.6) is 0 Å². The van der Waals surface area contributed by atoms with Gasteiger partial charge in [-0.1, -0.05) is 0 Å². The molecular weight excluding hydrogens is 94.0 g/mol. The van der Waals surface area contributed by atoms with Gasteiger partial charge in [-0.15, -0.1) is 0 Å². The summed E-state index contributed by atoms with van der Waals surface area (Å²) in [5.41, 5.74) is 0. The van der Waals surface area contributed by atoms with Gasteiger partial charge in [0.2, 0.25) is 0 Å². The molecule has 1 radical (unpaired) electrons. The van der Waals surface area contributed by atoms with E-state index in [1.165, 1.54) is 0 Å². The lowest BCUT2D eigenvalue weighted by atomic mass is 10.4. The van der Waals surface area contributed by atoms with Crippen molar-refractivity contribution >= 4 is 6.40 Å². The molecule has 0 spiro atoms. The predicted molar refractivity (Wildman–Crippen MR) is 24.3 cm³/mol. The number of nitrogens with zero attached hydrogens (tertiary/aromatic N) is 1. The first-order valence-corrected chi connectivity index (χ1v) is 2.11. The SMILES string of the molecule is OC[C@@H]1CO[C]=N1. The smallest absolute Gasteiger partial charge is 0.273 e. The van der Waals surface area contributed by atoms with E-state index in [9.17, 15) is 0 Å². The lowest BCUT2D eigenvalue weighted by Crippen LogP contribution is -2.10. The van der Waals surface area contributed by atoms with Gasteiger partial charge in [-0.2, -0.15) is 0 Å². The molecule has 3 heteroatoms. The van der Waals surface area contributed by atoms with E-state index in [2.05, 4.69) is 16.1 Å². The van der Waals surface area contributed by atoms with Gasteiger partial charge in [0.25, 0.3) is 6.40 Å². The molecule has 3 nitrogen and oxygen atoms in total. The minimum atomic E-state index is -0.0556. The highest BCUT2D eigenvalue weighted by molar-refractivity contribution is 5.48. The third-order valence-electron chi connectivity index (χ3n) is 0.786. The molecule has 0 aromatic carbocycles. The molecule has 1 N–H and O–H groups in total. The average molecular weight is 100 g/mol. The summed E-state index contributed by atoms with van der Waals surface area (Å²) in [4.78, 5) is 3.63. The Hall–Kier alpha value is -0.570. The zero-order chi connectivity index (χ0) is 5.11. The van der Waals surface area contributed by atoms with Crippen LogP contribution in [0, 0.1) is 0 Å². The molecule has 39 valence electrons. The van der Waals surface area contributed by atoms with Crippen molar-refractivity contribution in [3.8, 4) is 0 Å². The summed E-state index contributed by atoms with van der Waals surface area (Å²) in [6.07, 6.45) is 2.29. The monoisotopic (exact) mass is 100 g/mol. The Kier molecular flexibility index (Phi) is 1.26. The van der Waals surface area contributed by atoms with E-state index in [0.29, 0.717) is 6.61 Å². The van der Waals surface area contributed by atoms with Crippen molar-refractivity contribution in [1.29, 1.82) is 0 Å². The van der Waals surface area contributed by atoms with Crippen molar-refractivity contribution in [2.45, 2.75) is 6.04 Å². The molecule has 0 saturated carbocycles. The fourth-order valence-corrected chi connectivity index (χ4v) is 0.376. The third-order valence-corrected chi connectivity index (χ3v) is 0.786. The highest BCUT2D eigenvalue weighted by Crippen LogP contribution is 1.95. The van der Waals surface area contributed by atoms with E-state index in [1.807, 2.05) is 0 Å². The van der Waals surface area contributed by atoms with Gasteiger partial charge in [-0.3, -0.25) is 0 Å². The number of ether oxygens (including phenoxy) is 1. The number of aliphatic imine (C=N–C) groups is 1. The molecule has 1 atom stereocenters. The van der Waals surface area contributed by atoms with Crippen LogP contribution in [-0.4, -0.2) is 30.8 Å². The maximum absolute atomic E-state index is 8.35. The summed E-state index contributed by atoms with van der Waals surface area (Å²) in [6, 6.07) is -0.0556. The van der Waals surface area contributed by atoms with Crippen LogP contribution >= 0.6 is 0 Å². The number of hydrogen-bond donors (Lipinski definition) is 1. The highest BCUT2D eigenvalue weighted by Gasteiger charge is 2.08. The summed E-state index contributed by atoms with van der Waals surface area (Å²) in [6.45, 7) is 0.545. The van der Waals surface area contributed by atoms with Crippen LogP contribution in [0.25, 0.3) is 0 Å². The van der Waals surface area contributed by atoms with E-state index >= 15 is 0 Å². The Bertz CT molecular complexity index is 81.8. The molecule has 0 aromatic heterocycles. The Morgan fingerprint density at radius 3 is 3.14 bits per heavy atom. The summed E-state index contributed by atoms with van der Waals surface area (Å²) in [5.74, 6) is 0. The molecule has 1 rings (SSSR count). The predicted octanol–water partition coefficient (Wildman–Crippen LogP) is -0.717. The topological polar surface area (TPSA) is 41.8 Å². The zero-order valence-electron chi connectivity index (χ0n) is 3.79. The first-order valence-electron chi connectivity index (χ1n) is 2.11. The van der Waals surface area contributed by atoms with Crippen LogP contribution in [0.2, 0.25) is 0 Å². The standard InChI is InChI=1S/C4H6NO2/c6-1-4-2-7-3-5-4/h4,6H,1-2H2/t4-/m1/s1. The van der Waals surface area contributed by atoms with Gasteiger partial charge in [-0.25, -0.2) is 4.99 Å². The number of aliphatic hydroxyl groups is 1. The Balaban J connectivity index is 2.28. The molecule has 1 heterocycles. The van der Waals surface area contributed by atoms with Crippen molar-refractivity contribution < 1.29 is 9.84 Å². The van der Waals surface area contributed by atoms with Crippen LogP contribution in [0.1, 0.15) is 0 Å². The van der Waals surface area contributed by atoms with Crippen LogP contribution in [0.3, 0.4) is 0 Å². The third kappa shape index (κ3) is 0.899. The van der Waals surface area contributed by atoms with Crippen LogP contribution in [0.15, 0.2) is 4.99 Å². The van der Waals surface area contributed by atoms with Crippen LogP contribution < -0.4 is 0 Å². The van der Waals surface area contributed by atoms with Crippen LogP contribution in [-0.2, 0) is 4.74 Å². The van der Waals surface area contributed by atoms with Gasteiger partial charge < -0.3 is 9.84 Å². The van der Waals surface area contributed by atoms with E-state index in [-0.39, 0.29) is 12.6 Å². The molecule has 7 heavy (non-hydrogen) atoms. The summed E-state index contributed by atoms with van der Waals surface area (Å²) in [5, 5.41) is 8.35. The second-order valence-corrected chi connectivity index (χ2v) is 1.37. The van der Waals surface area contributed by atoms with E-state index in [1.54, 1.807) is 0 Å². The van der Waals surface area contributed by atoms with Crippen molar-refractivity contribution in [3.63, 3.8) is 0 Å². The number of aliphatic hydroxyl groups excluding tert-OH is 1. The molecule has 0 bridgehead atoms. The van der Waals surface area contributed by atoms with Crippen molar-refractivity contribution in [1.82, 2.24) is 0 Å². The summed E-state index contributed by atoms with van der Waals surface area (Å²) >= 11 is 0. The molecule has 0 aliphatic carbocycles. The highest BCUT2D eigenvalue weighted by atomic mass is 16.5. The van der Waals surface area contributed by atoms with Gasteiger partial charge >= 0.3 is 0 Å². The molecule has 0 amide bonds. The maximum Gasteiger partial charge on any atom is 0.273 e. The minimum Gasteiger partial charge on any atom is -0.472 e. The number of hydrogen-bond acceptors (Lipinski definition) is 3. The van der Waals surface area contributed by atoms with Gasteiger partial charge in [0, 0.05) is 0 Å². The van der Waals surface area contributed by atoms with Gasteiger partial charge in [0.15, 0.2) is 0 Å². The second-order valence-electron chi connectivity index (χ2n) is 1.37. The Labute approximate surface area is 41.6 Å². The van der Waals surface area contributed by atoms with Crippen LogP contribution in [0.4, 0.5) is 0 Å². The average Bonchev–Trinajstić information content (AvgIpc) is 2.14. The molecule has 0 fully saturated rings. The van der Waals surface area contributed by atoms with E-state index in [4.69, 9.17) is 5.11 Å².